The first-order valence-corrected chi connectivity index (χ1v) is 8.40. The summed E-state index contributed by atoms with van der Waals surface area (Å²) in [6.07, 6.45) is -4.82. The van der Waals surface area contributed by atoms with E-state index in [1.165, 1.54) is 19.2 Å². The summed E-state index contributed by atoms with van der Waals surface area (Å²) >= 11 is 5.86. The summed E-state index contributed by atoms with van der Waals surface area (Å²) in [7, 11) is 1.18. The van der Waals surface area contributed by atoms with Gasteiger partial charge in [0.1, 0.15) is 11.8 Å². The molecule has 1 unspecified atom stereocenters. The molecular weight excluding hydrogens is 407 g/mol. The van der Waals surface area contributed by atoms with Crippen LogP contribution in [0.25, 0.3) is 0 Å². The third-order valence-electron chi connectivity index (χ3n) is 4.34. The number of hydrogen-bond donors (Lipinski definition) is 1. The molecule has 0 aliphatic carbocycles. The van der Waals surface area contributed by atoms with Gasteiger partial charge in [0, 0.05) is 28.4 Å². The normalized spacial score (nSPS) is 17.7. The Labute approximate surface area is 161 Å². The summed E-state index contributed by atoms with van der Waals surface area (Å²) in [5, 5.41) is 2.42. The van der Waals surface area contributed by atoms with E-state index in [1.54, 1.807) is 0 Å². The van der Waals surface area contributed by atoms with Crippen LogP contribution < -0.4 is 10.1 Å². The lowest BCUT2D eigenvalue weighted by molar-refractivity contribution is -0.187. The Morgan fingerprint density at radius 2 is 1.96 bits per heavy atom. The van der Waals surface area contributed by atoms with Crippen LogP contribution in [0.15, 0.2) is 30.3 Å². The first-order valence-electron chi connectivity index (χ1n) is 8.02. The van der Waals surface area contributed by atoms with Gasteiger partial charge < -0.3 is 10.1 Å². The quantitative estimate of drug-likeness (QED) is 0.733. The van der Waals surface area contributed by atoms with Crippen molar-refractivity contribution in [1.82, 2.24) is 4.90 Å². The number of fused-ring (bicyclic) bond motifs is 1. The van der Waals surface area contributed by atoms with Crippen LogP contribution in [0.4, 0.5) is 27.6 Å². The van der Waals surface area contributed by atoms with Crippen molar-refractivity contribution in [2.75, 3.05) is 19.0 Å². The molecule has 0 aromatic heterocycles. The first-order chi connectivity index (χ1) is 13.1. The molecule has 1 aliphatic heterocycles. The predicted molar refractivity (Wildman–Crippen MR) is 92.2 cm³/mol. The molecule has 2 aromatic carbocycles. The van der Waals surface area contributed by atoms with E-state index in [-0.39, 0.29) is 22.0 Å². The molecule has 3 rings (SSSR count). The summed E-state index contributed by atoms with van der Waals surface area (Å²) in [5.74, 6) is -3.43. The van der Waals surface area contributed by atoms with Crippen molar-refractivity contribution in [2.45, 2.75) is 18.8 Å². The van der Waals surface area contributed by atoms with Gasteiger partial charge in [-0.3, -0.25) is 9.69 Å². The molecule has 4 nitrogen and oxygen atoms in total. The number of hydrogen-bond acceptors (Lipinski definition) is 3. The Bertz CT molecular complexity index is 920. The zero-order valence-corrected chi connectivity index (χ0v) is 15.2. The average Bonchev–Trinajstić information content (AvgIpc) is 2.73. The number of anilines is 1. The maximum absolute atomic E-state index is 14.3. The number of nitrogens with one attached hydrogen (secondary N) is 1. The molecule has 1 heterocycles. The standard InChI is InChI=1S/C18H14ClF5N2O2/c1-28-14-5-3-12(20)16(21)11(14)7-26-8-15(27)25-13-4-2-9(19)6-10(13)17(26)18(22,23)24/h2-6,17H,7-8H2,1H3,(H,25,27). The van der Waals surface area contributed by atoms with Crippen LogP contribution >= 0.6 is 11.6 Å². The number of halogens is 6. The molecule has 0 radical (unpaired) electrons. The van der Waals surface area contributed by atoms with Crippen LogP contribution in [-0.2, 0) is 11.3 Å². The smallest absolute Gasteiger partial charge is 0.408 e. The fourth-order valence-electron chi connectivity index (χ4n) is 3.18. The van der Waals surface area contributed by atoms with Gasteiger partial charge in [-0.25, -0.2) is 8.78 Å². The Morgan fingerprint density at radius 3 is 2.61 bits per heavy atom. The number of benzene rings is 2. The molecule has 0 saturated heterocycles. The van der Waals surface area contributed by atoms with E-state index >= 15 is 0 Å². The molecule has 1 N–H and O–H groups in total. The van der Waals surface area contributed by atoms with Crippen molar-refractivity contribution in [2.24, 2.45) is 0 Å². The molecule has 2 aromatic rings. The first kappa shape index (κ1) is 20.3. The topological polar surface area (TPSA) is 41.6 Å². The van der Waals surface area contributed by atoms with Crippen molar-refractivity contribution in [3.8, 4) is 5.75 Å². The third kappa shape index (κ3) is 3.90. The van der Waals surface area contributed by atoms with Crippen molar-refractivity contribution in [1.29, 1.82) is 0 Å². The highest BCUT2D eigenvalue weighted by atomic mass is 35.5. The van der Waals surface area contributed by atoms with Gasteiger partial charge in [0.2, 0.25) is 5.91 Å². The molecule has 1 amide bonds. The number of carbonyl (C=O) groups is 1. The highest BCUT2D eigenvalue weighted by Gasteiger charge is 2.48. The summed E-state index contributed by atoms with van der Waals surface area (Å²) < 4.78 is 74.8. The maximum Gasteiger partial charge on any atom is 0.408 e. The maximum atomic E-state index is 14.3. The minimum atomic E-state index is -4.82. The molecule has 0 spiro atoms. The number of alkyl halides is 3. The predicted octanol–water partition coefficient (Wildman–Crippen LogP) is 4.68. The number of carbonyl (C=O) groups excluding carboxylic acids is 1. The van der Waals surface area contributed by atoms with Gasteiger partial charge in [-0.2, -0.15) is 13.2 Å². The zero-order valence-electron chi connectivity index (χ0n) is 14.4. The van der Waals surface area contributed by atoms with Gasteiger partial charge in [0.15, 0.2) is 11.6 Å². The number of nitrogens with zero attached hydrogens (tertiary/aromatic N) is 1. The SMILES string of the molecule is COc1ccc(F)c(F)c1CN1CC(=O)Nc2ccc(Cl)cc2C1C(F)(F)F. The summed E-state index contributed by atoms with van der Waals surface area (Å²) in [5.41, 5.74) is -0.762. The van der Waals surface area contributed by atoms with E-state index in [1.807, 2.05) is 0 Å². The minimum absolute atomic E-state index is 0.0404. The van der Waals surface area contributed by atoms with E-state index in [4.69, 9.17) is 16.3 Å². The monoisotopic (exact) mass is 420 g/mol. The number of rotatable bonds is 3. The van der Waals surface area contributed by atoms with Gasteiger partial charge in [-0.1, -0.05) is 11.6 Å². The van der Waals surface area contributed by atoms with Crippen molar-refractivity contribution in [3.05, 3.63) is 58.1 Å². The minimum Gasteiger partial charge on any atom is -0.496 e. The molecular formula is C18H14ClF5N2O2. The molecule has 28 heavy (non-hydrogen) atoms. The fraction of sp³-hybridized carbons (Fsp3) is 0.278. The molecule has 0 fully saturated rings. The zero-order chi connectivity index (χ0) is 20.6. The number of ether oxygens (including phenoxy) is 1. The van der Waals surface area contributed by atoms with E-state index in [9.17, 15) is 26.7 Å². The summed E-state index contributed by atoms with van der Waals surface area (Å²) in [6, 6.07) is 3.35. The van der Waals surface area contributed by atoms with Crippen LogP contribution in [0.5, 0.6) is 5.75 Å². The van der Waals surface area contributed by atoms with E-state index in [0.29, 0.717) is 4.90 Å². The van der Waals surface area contributed by atoms with Crippen molar-refractivity contribution >= 4 is 23.2 Å². The Kier molecular flexibility index (Phi) is 5.49. The largest absolute Gasteiger partial charge is 0.496 e. The highest BCUT2D eigenvalue weighted by molar-refractivity contribution is 6.30. The van der Waals surface area contributed by atoms with Gasteiger partial charge in [0.05, 0.1) is 13.7 Å². The van der Waals surface area contributed by atoms with Gasteiger partial charge >= 0.3 is 6.18 Å². The number of amides is 1. The molecule has 0 bridgehead atoms. The molecule has 1 atom stereocenters. The average molecular weight is 421 g/mol. The van der Waals surface area contributed by atoms with E-state index in [0.717, 1.165) is 18.2 Å². The highest BCUT2D eigenvalue weighted by Crippen LogP contribution is 2.44. The second-order valence-electron chi connectivity index (χ2n) is 6.17. The lowest BCUT2D eigenvalue weighted by atomic mass is 10.0. The van der Waals surface area contributed by atoms with Crippen LogP contribution in [0, 0.1) is 11.6 Å². The van der Waals surface area contributed by atoms with E-state index < -0.39 is 48.4 Å². The molecule has 10 heteroatoms. The van der Waals surface area contributed by atoms with Gasteiger partial charge in [0.25, 0.3) is 0 Å². The molecule has 1 aliphatic rings. The lowest BCUT2D eigenvalue weighted by Gasteiger charge is -2.32. The number of methoxy groups -OCH3 is 1. The van der Waals surface area contributed by atoms with Crippen LogP contribution in [0.2, 0.25) is 5.02 Å². The van der Waals surface area contributed by atoms with Gasteiger partial charge in [-0.15, -0.1) is 0 Å². The van der Waals surface area contributed by atoms with E-state index in [2.05, 4.69) is 5.32 Å². The third-order valence-corrected chi connectivity index (χ3v) is 4.57. The van der Waals surface area contributed by atoms with Crippen LogP contribution in [0.1, 0.15) is 17.2 Å². The summed E-state index contributed by atoms with van der Waals surface area (Å²) in [4.78, 5) is 12.9. The van der Waals surface area contributed by atoms with Crippen LogP contribution in [0.3, 0.4) is 0 Å². The Hall–Kier alpha value is -2.39. The second-order valence-corrected chi connectivity index (χ2v) is 6.61. The van der Waals surface area contributed by atoms with Gasteiger partial charge in [-0.05, 0) is 30.3 Å². The Morgan fingerprint density at radius 1 is 1.25 bits per heavy atom. The second kappa shape index (κ2) is 7.56. The lowest BCUT2D eigenvalue weighted by Crippen LogP contribution is -2.40. The van der Waals surface area contributed by atoms with Crippen LogP contribution in [-0.4, -0.2) is 30.6 Å². The summed E-state index contributed by atoms with van der Waals surface area (Å²) in [6.45, 7) is -1.41. The van der Waals surface area contributed by atoms with Crippen molar-refractivity contribution in [3.63, 3.8) is 0 Å². The molecule has 150 valence electrons. The molecule has 0 saturated carbocycles. The van der Waals surface area contributed by atoms with Crippen molar-refractivity contribution < 1.29 is 31.5 Å². The Balaban J connectivity index is 2.14. The fourth-order valence-corrected chi connectivity index (χ4v) is 3.36.